The van der Waals surface area contributed by atoms with Gasteiger partial charge in [0.25, 0.3) is 0 Å². The minimum atomic E-state index is 0. The summed E-state index contributed by atoms with van der Waals surface area (Å²) in [6.45, 7) is 6.85. The zero-order valence-corrected chi connectivity index (χ0v) is 11.1. The third-order valence-corrected chi connectivity index (χ3v) is 1.75. The first kappa shape index (κ1) is 12.5. The van der Waals surface area contributed by atoms with Crippen molar-refractivity contribution in [3.05, 3.63) is 0 Å². The molecule has 0 aliphatic carbocycles. The molecule has 0 heterocycles. The number of hydrogen-bond donors (Lipinski definition) is 0. The molecule has 0 fully saturated rings. The first-order valence-corrected chi connectivity index (χ1v) is 3.81. The summed E-state index contributed by atoms with van der Waals surface area (Å²) in [6.07, 6.45) is 5.53. The van der Waals surface area contributed by atoms with Crippen molar-refractivity contribution in [2.75, 3.05) is 0 Å². The summed E-state index contributed by atoms with van der Waals surface area (Å²) in [5.41, 5.74) is 0. The molecule has 1 heteroatoms. The van der Waals surface area contributed by atoms with Crippen molar-refractivity contribution < 1.29 is 0 Å². The molecule has 0 nitrogen and oxygen atoms in total. The van der Waals surface area contributed by atoms with E-state index in [1.165, 1.54) is 25.7 Å². The maximum absolute atomic E-state index is 2.33. The molecule has 0 aromatic heterocycles. The molecule has 9 heavy (non-hydrogen) atoms. The van der Waals surface area contributed by atoms with Gasteiger partial charge in [0.2, 0.25) is 0 Å². The van der Waals surface area contributed by atoms with E-state index in [1.807, 2.05) is 0 Å². The Morgan fingerprint density at radius 3 is 2.11 bits per heavy atom. The monoisotopic (exact) mass is 236 g/mol. The molecular weight excluding hydrogens is 215 g/mol. The van der Waals surface area contributed by atoms with E-state index in [-0.39, 0.29) is 23.9 Å². The van der Waals surface area contributed by atoms with Gasteiger partial charge in [0.05, 0.1) is 0 Å². The van der Waals surface area contributed by atoms with Crippen LogP contribution >= 0.6 is 0 Å². The molecule has 2 radical (unpaired) electrons. The summed E-state index contributed by atoms with van der Waals surface area (Å²) >= 11 is 0. The number of rotatable bonds is 4. The van der Waals surface area contributed by atoms with Gasteiger partial charge in [-0.25, -0.2) is 0 Å². The molecule has 0 rings (SSSR count). The molecule has 0 aromatic carbocycles. The standard InChI is InChI=1S/C8H18.Sn.2H/c1-4-6-7-8(3)5-2;;;/h8H,4-7H2,1-3H3;;;. The minimum absolute atomic E-state index is 0. The van der Waals surface area contributed by atoms with Gasteiger partial charge in [-0.2, -0.15) is 0 Å². The Bertz CT molecular complexity index is 43.8. The van der Waals surface area contributed by atoms with Crippen LogP contribution < -0.4 is 0 Å². The summed E-state index contributed by atoms with van der Waals surface area (Å²) in [5.74, 6) is 0.954. The third kappa shape index (κ3) is 8.80. The molecule has 1 atom stereocenters. The Morgan fingerprint density at radius 1 is 1.22 bits per heavy atom. The molecule has 56 valence electrons. The van der Waals surface area contributed by atoms with Gasteiger partial charge in [0.15, 0.2) is 0 Å². The summed E-state index contributed by atoms with van der Waals surface area (Å²) in [6, 6.07) is 0. The fourth-order valence-electron chi connectivity index (χ4n) is 0.757. The summed E-state index contributed by atoms with van der Waals surface area (Å²) in [5, 5.41) is 0. The quantitative estimate of drug-likeness (QED) is 0.656. The zero-order valence-electron chi connectivity index (χ0n) is 7.11. The van der Waals surface area contributed by atoms with E-state index in [2.05, 4.69) is 20.8 Å². The first-order valence-electron chi connectivity index (χ1n) is 3.81. The molecular formula is C8H20Sn. The van der Waals surface area contributed by atoms with Gasteiger partial charge >= 0.3 is 23.9 Å². The molecule has 0 aromatic rings. The summed E-state index contributed by atoms with van der Waals surface area (Å²) in [4.78, 5) is 0. The van der Waals surface area contributed by atoms with Crippen molar-refractivity contribution >= 4 is 23.9 Å². The van der Waals surface area contributed by atoms with E-state index in [0.29, 0.717) is 0 Å². The van der Waals surface area contributed by atoms with Gasteiger partial charge in [-0.3, -0.25) is 0 Å². The summed E-state index contributed by atoms with van der Waals surface area (Å²) in [7, 11) is 0. The van der Waals surface area contributed by atoms with Crippen LogP contribution in [-0.2, 0) is 0 Å². The van der Waals surface area contributed by atoms with Crippen LogP contribution in [0.1, 0.15) is 46.5 Å². The Morgan fingerprint density at radius 2 is 1.78 bits per heavy atom. The number of hydrogen-bond acceptors (Lipinski definition) is 0. The second-order valence-corrected chi connectivity index (χ2v) is 2.66. The molecule has 0 amide bonds. The predicted octanol–water partition coefficient (Wildman–Crippen LogP) is 2.31. The second kappa shape index (κ2) is 8.80. The normalized spacial score (nSPS) is 12.3. The first-order chi connectivity index (χ1) is 3.81. The van der Waals surface area contributed by atoms with E-state index < -0.39 is 0 Å². The van der Waals surface area contributed by atoms with Crippen LogP contribution in [-0.4, -0.2) is 23.9 Å². The van der Waals surface area contributed by atoms with Crippen LogP contribution in [0.5, 0.6) is 0 Å². The fourth-order valence-corrected chi connectivity index (χ4v) is 0.757. The van der Waals surface area contributed by atoms with Gasteiger partial charge in [-0.05, 0) is 5.92 Å². The Kier molecular flexibility index (Phi) is 12.2. The Balaban J connectivity index is 0. The molecule has 0 aliphatic heterocycles. The Labute approximate surface area is 76.4 Å². The summed E-state index contributed by atoms with van der Waals surface area (Å²) < 4.78 is 0. The van der Waals surface area contributed by atoms with Gasteiger partial charge in [0, 0.05) is 0 Å². The average molecular weight is 235 g/mol. The van der Waals surface area contributed by atoms with Gasteiger partial charge in [0.1, 0.15) is 0 Å². The van der Waals surface area contributed by atoms with Gasteiger partial charge < -0.3 is 0 Å². The third-order valence-electron chi connectivity index (χ3n) is 1.75. The van der Waals surface area contributed by atoms with Crippen LogP contribution in [0.15, 0.2) is 0 Å². The van der Waals surface area contributed by atoms with Crippen LogP contribution in [0.25, 0.3) is 0 Å². The average Bonchev–Trinajstić information content (AvgIpc) is 1.83. The molecule has 0 N–H and O–H groups in total. The van der Waals surface area contributed by atoms with Crippen LogP contribution in [0.4, 0.5) is 0 Å². The Hall–Kier alpha value is 0.799. The van der Waals surface area contributed by atoms with Crippen LogP contribution in [0, 0.1) is 5.92 Å². The second-order valence-electron chi connectivity index (χ2n) is 2.66. The number of unbranched alkanes of at least 4 members (excludes halogenated alkanes) is 1. The van der Waals surface area contributed by atoms with Crippen molar-refractivity contribution in [3.8, 4) is 0 Å². The van der Waals surface area contributed by atoms with E-state index >= 15 is 0 Å². The maximum atomic E-state index is 2.33. The molecule has 0 saturated heterocycles. The van der Waals surface area contributed by atoms with E-state index in [4.69, 9.17) is 0 Å². The molecule has 0 saturated carbocycles. The fraction of sp³-hybridized carbons (Fsp3) is 1.00. The van der Waals surface area contributed by atoms with E-state index in [0.717, 1.165) is 5.92 Å². The van der Waals surface area contributed by atoms with Gasteiger partial charge in [-0.1, -0.05) is 46.5 Å². The molecule has 1 unspecified atom stereocenters. The van der Waals surface area contributed by atoms with Crippen molar-refractivity contribution in [2.24, 2.45) is 5.92 Å². The van der Waals surface area contributed by atoms with Crippen LogP contribution in [0.3, 0.4) is 0 Å². The predicted molar refractivity (Wildman–Crippen MR) is 47.5 cm³/mol. The molecule has 0 aliphatic rings. The van der Waals surface area contributed by atoms with Crippen molar-refractivity contribution in [3.63, 3.8) is 0 Å². The zero-order chi connectivity index (χ0) is 6.41. The van der Waals surface area contributed by atoms with Gasteiger partial charge in [-0.15, -0.1) is 0 Å². The topological polar surface area (TPSA) is 0 Å². The van der Waals surface area contributed by atoms with Crippen LogP contribution in [0.2, 0.25) is 0 Å². The van der Waals surface area contributed by atoms with Crippen molar-refractivity contribution in [1.82, 2.24) is 0 Å². The molecule has 0 spiro atoms. The van der Waals surface area contributed by atoms with Crippen molar-refractivity contribution in [2.45, 2.75) is 46.5 Å². The molecule has 0 bridgehead atoms. The SMILES string of the molecule is CCCCC(C)CC.[SnH2]. The van der Waals surface area contributed by atoms with Crippen molar-refractivity contribution in [1.29, 1.82) is 0 Å². The van der Waals surface area contributed by atoms with E-state index in [9.17, 15) is 0 Å². The van der Waals surface area contributed by atoms with E-state index in [1.54, 1.807) is 0 Å².